The van der Waals surface area contributed by atoms with Gasteiger partial charge in [-0.05, 0) is 41.8 Å². The molecule has 0 radical (unpaired) electrons. The summed E-state index contributed by atoms with van der Waals surface area (Å²) in [6.07, 6.45) is 0. The van der Waals surface area contributed by atoms with Crippen LogP contribution in [0, 0.1) is 6.92 Å². The van der Waals surface area contributed by atoms with E-state index in [0.717, 1.165) is 27.7 Å². The average molecular weight is 411 g/mol. The molecule has 1 aliphatic heterocycles. The predicted molar refractivity (Wildman–Crippen MR) is 116 cm³/mol. The van der Waals surface area contributed by atoms with Crippen molar-refractivity contribution in [1.29, 1.82) is 0 Å². The lowest BCUT2D eigenvalue weighted by atomic mass is 10.0. The molecule has 154 valence electrons. The van der Waals surface area contributed by atoms with Crippen molar-refractivity contribution in [3.8, 4) is 0 Å². The van der Waals surface area contributed by atoms with Gasteiger partial charge in [0.1, 0.15) is 18.2 Å². The summed E-state index contributed by atoms with van der Waals surface area (Å²) in [5, 5.41) is 11.2. The van der Waals surface area contributed by atoms with Crippen molar-refractivity contribution in [1.82, 2.24) is 25.2 Å². The van der Waals surface area contributed by atoms with E-state index in [2.05, 4.69) is 15.6 Å². The summed E-state index contributed by atoms with van der Waals surface area (Å²) in [7, 11) is 0. The smallest absolute Gasteiger partial charge is 0.255 e. The van der Waals surface area contributed by atoms with E-state index in [9.17, 15) is 9.59 Å². The average Bonchev–Trinajstić information content (AvgIpc) is 3.33. The number of nitrogens with zero attached hydrogens (tertiary/aromatic N) is 4. The van der Waals surface area contributed by atoms with E-state index in [-0.39, 0.29) is 18.5 Å². The Morgan fingerprint density at radius 2 is 1.74 bits per heavy atom. The second-order valence-corrected chi connectivity index (χ2v) is 7.63. The van der Waals surface area contributed by atoms with Crippen molar-refractivity contribution in [3.63, 3.8) is 0 Å². The van der Waals surface area contributed by atoms with Gasteiger partial charge < -0.3 is 10.2 Å². The summed E-state index contributed by atoms with van der Waals surface area (Å²) in [6, 6.07) is 22.1. The van der Waals surface area contributed by atoms with E-state index in [4.69, 9.17) is 0 Å². The van der Waals surface area contributed by atoms with Crippen LogP contribution in [0.5, 0.6) is 0 Å². The number of aromatic nitrogens is 3. The van der Waals surface area contributed by atoms with E-state index in [1.807, 2.05) is 73.7 Å². The summed E-state index contributed by atoms with van der Waals surface area (Å²) in [4.78, 5) is 28.1. The molecule has 0 fully saturated rings. The largest absolute Gasteiger partial charge is 0.335 e. The highest BCUT2D eigenvalue weighted by Crippen LogP contribution is 2.35. The maximum absolute atomic E-state index is 13.3. The van der Waals surface area contributed by atoms with Crippen LogP contribution >= 0.6 is 0 Å². The van der Waals surface area contributed by atoms with E-state index in [1.54, 1.807) is 15.6 Å². The maximum atomic E-state index is 13.3. The van der Waals surface area contributed by atoms with Crippen molar-refractivity contribution >= 4 is 22.8 Å². The number of para-hydroxylation sites is 1. The van der Waals surface area contributed by atoms with Crippen LogP contribution in [0.3, 0.4) is 0 Å². The van der Waals surface area contributed by atoms with Crippen molar-refractivity contribution in [2.45, 2.75) is 26.2 Å². The van der Waals surface area contributed by atoms with Crippen LogP contribution in [0.1, 0.15) is 33.1 Å². The van der Waals surface area contributed by atoms with Gasteiger partial charge >= 0.3 is 0 Å². The molecular weight excluding hydrogens is 390 g/mol. The van der Waals surface area contributed by atoms with Gasteiger partial charge in [-0.3, -0.25) is 9.59 Å². The second kappa shape index (κ2) is 7.68. The minimum Gasteiger partial charge on any atom is -0.335 e. The Balaban J connectivity index is 1.43. The van der Waals surface area contributed by atoms with Crippen molar-refractivity contribution in [2.24, 2.45) is 0 Å². The quantitative estimate of drug-likeness (QED) is 0.547. The first-order chi connectivity index (χ1) is 15.1. The highest BCUT2D eigenvalue weighted by atomic mass is 16.2. The normalized spacial score (nSPS) is 15.3. The number of benzene rings is 3. The Bertz CT molecular complexity index is 1300. The first kappa shape index (κ1) is 19.0. The molecule has 2 amide bonds. The monoisotopic (exact) mass is 411 g/mol. The van der Waals surface area contributed by atoms with Gasteiger partial charge in [-0.15, -0.1) is 5.10 Å². The molecule has 1 atom stereocenters. The zero-order valence-corrected chi connectivity index (χ0v) is 17.0. The summed E-state index contributed by atoms with van der Waals surface area (Å²) in [5.74, 6) is -0.378. The fourth-order valence-electron chi connectivity index (χ4n) is 4.07. The third-order valence-electron chi connectivity index (χ3n) is 5.73. The number of hydrogen-bond acceptors (Lipinski definition) is 4. The van der Waals surface area contributed by atoms with E-state index >= 15 is 0 Å². The molecule has 0 spiro atoms. The predicted octanol–water partition coefficient (Wildman–Crippen LogP) is 3.21. The van der Waals surface area contributed by atoms with Crippen LogP contribution in [-0.4, -0.2) is 31.7 Å². The van der Waals surface area contributed by atoms with E-state index in [1.165, 1.54) is 0 Å². The van der Waals surface area contributed by atoms with Crippen LogP contribution in [0.15, 0.2) is 72.8 Å². The Hall–Kier alpha value is -4.00. The van der Waals surface area contributed by atoms with Crippen molar-refractivity contribution < 1.29 is 9.59 Å². The molecule has 1 aliphatic rings. The Morgan fingerprint density at radius 1 is 1.00 bits per heavy atom. The molecule has 0 aliphatic carbocycles. The maximum Gasteiger partial charge on any atom is 0.255 e. The number of aryl methyl sites for hydroxylation is 1. The number of amides is 2. The van der Waals surface area contributed by atoms with Crippen LogP contribution in [0.25, 0.3) is 11.0 Å². The SMILES string of the molecule is Cc1ccccc1CN1C(=O)c2ccccc2C1C(=O)NCn1nnc2ccccc21. The Morgan fingerprint density at radius 3 is 2.61 bits per heavy atom. The van der Waals surface area contributed by atoms with Crippen molar-refractivity contribution in [2.75, 3.05) is 0 Å². The fourth-order valence-corrected chi connectivity index (χ4v) is 4.07. The lowest BCUT2D eigenvalue weighted by Crippen LogP contribution is -2.39. The number of hydrogen-bond donors (Lipinski definition) is 1. The number of rotatable bonds is 5. The molecule has 0 saturated heterocycles. The van der Waals surface area contributed by atoms with Gasteiger partial charge in [0.25, 0.3) is 5.91 Å². The van der Waals surface area contributed by atoms with Crippen LogP contribution in [0.2, 0.25) is 0 Å². The topological polar surface area (TPSA) is 80.1 Å². The van der Waals surface area contributed by atoms with Crippen molar-refractivity contribution in [3.05, 3.63) is 95.1 Å². The Kier molecular flexibility index (Phi) is 4.71. The molecule has 31 heavy (non-hydrogen) atoms. The van der Waals surface area contributed by atoms with Crippen LogP contribution in [-0.2, 0) is 18.0 Å². The highest BCUT2D eigenvalue weighted by molar-refractivity contribution is 6.04. The first-order valence-electron chi connectivity index (χ1n) is 10.1. The molecule has 4 aromatic rings. The molecular formula is C24H21N5O2. The minimum absolute atomic E-state index is 0.134. The molecule has 2 heterocycles. The fraction of sp³-hybridized carbons (Fsp3) is 0.167. The van der Waals surface area contributed by atoms with Gasteiger partial charge in [0.2, 0.25) is 5.91 Å². The third kappa shape index (κ3) is 3.34. The summed E-state index contributed by atoms with van der Waals surface area (Å²) >= 11 is 0. The number of carbonyl (C=O) groups excluding carboxylic acids is 2. The molecule has 7 heteroatoms. The first-order valence-corrected chi connectivity index (χ1v) is 10.1. The summed E-state index contributed by atoms with van der Waals surface area (Å²) < 4.78 is 1.64. The lowest BCUT2D eigenvalue weighted by molar-refractivity contribution is -0.126. The zero-order chi connectivity index (χ0) is 21.4. The standard InChI is InChI=1S/C24H21N5O2/c1-16-8-2-3-9-17(16)14-28-22(18-10-4-5-11-19(18)24(28)31)23(30)25-15-29-21-13-7-6-12-20(21)26-27-29/h2-13,22H,14-15H2,1H3,(H,25,30). The number of fused-ring (bicyclic) bond motifs is 2. The van der Waals surface area contributed by atoms with Crippen LogP contribution < -0.4 is 5.32 Å². The van der Waals surface area contributed by atoms with Gasteiger partial charge in [0.15, 0.2) is 0 Å². The molecule has 0 saturated carbocycles. The van der Waals surface area contributed by atoms with Crippen LogP contribution in [0.4, 0.5) is 0 Å². The highest BCUT2D eigenvalue weighted by Gasteiger charge is 2.40. The lowest BCUT2D eigenvalue weighted by Gasteiger charge is -2.25. The second-order valence-electron chi connectivity index (χ2n) is 7.63. The summed E-state index contributed by atoms with van der Waals surface area (Å²) in [5.41, 5.74) is 4.99. The Labute approximate surface area is 179 Å². The van der Waals surface area contributed by atoms with Gasteiger partial charge in [-0.1, -0.05) is 59.8 Å². The van der Waals surface area contributed by atoms with E-state index < -0.39 is 6.04 Å². The third-order valence-corrected chi connectivity index (χ3v) is 5.73. The van der Waals surface area contributed by atoms with Gasteiger partial charge in [0.05, 0.1) is 5.52 Å². The molecule has 3 aromatic carbocycles. The minimum atomic E-state index is -0.696. The zero-order valence-electron chi connectivity index (χ0n) is 17.0. The molecule has 7 nitrogen and oxygen atoms in total. The van der Waals surface area contributed by atoms with E-state index in [0.29, 0.717) is 12.1 Å². The molecule has 1 unspecified atom stereocenters. The van der Waals surface area contributed by atoms with Gasteiger partial charge in [0, 0.05) is 12.1 Å². The van der Waals surface area contributed by atoms with Gasteiger partial charge in [-0.25, -0.2) is 4.68 Å². The molecule has 5 rings (SSSR count). The summed E-state index contributed by atoms with van der Waals surface area (Å²) in [6.45, 7) is 2.54. The molecule has 1 N–H and O–H groups in total. The molecule has 0 bridgehead atoms. The number of carbonyl (C=O) groups is 2. The molecule has 1 aromatic heterocycles. The van der Waals surface area contributed by atoms with Gasteiger partial charge in [-0.2, -0.15) is 0 Å². The number of nitrogens with one attached hydrogen (secondary N) is 1.